The molecule has 4 heteroatoms. The second-order valence-electron chi connectivity index (χ2n) is 4.86. The van der Waals surface area contributed by atoms with E-state index in [1.807, 2.05) is 67.6 Å². The molecule has 112 valence electrons. The Bertz CT molecular complexity index is 763. The minimum atomic E-state index is -3.02. The second kappa shape index (κ2) is 6.35. The molecule has 3 rings (SSSR count). The smallest absolute Gasteiger partial charge is 0.261 e. The highest BCUT2D eigenvalue weighted by atomic mass is 31.2. The molecule has 3 nitrogen and oxygen atoms in total. The Labute approximate surface area is 130 Å². The Kier molecular flexibility index (Phi) is 4.28. The molecular weight excluding hydrogens is 295 g/mol. The molecule has 1 atom stereocenters. The van der Waals surface area contributed by atoms with Crippen molar-refractivity contribution in [2.75, 3.05) is 6.61 Å². The Hall–Kier alpha value is -2.09. The first kappa shape index (κ1) is 14.8. The molecule has 0 spiro atoms. The predicted octanol–water partition coefficient (Wildman–Crippen LogP) is 4.57. The van der Waals surface area contributed by atoms with E-state index in [0.29, 0.717) is 23.4 Å². The average Bonchev–Trinajstić information content (AvgIpc) is 2.54. The first-order valence-corrected chi connectivity index (χ1v) is 8.88. The van der Waals surface area contributed by atoms with E-state index in [1.165, 1.54) is 0 Å². The molecule has 0 saturated carbocycles. The number of para-hydroxylation sites is 1. The van der Waals surface area contributed by atoms with Crippen LogP contribution >= 0.6 is 7.37 Å². The van der Waals surface area contributed by atoms with Crippen molar-refractivity contribution in [3.63, 3.8) is 0 Å². The Morgan fingerprint density at radius 3 is 2.55 bits per heavy atom. The van der Waals surface area contributed by atoms with Crippen molar-refractivity contribution in [1.29, 1.82) is 0 Å². The fraction of sp³-hybridized carbons (Fsp3) is 0.111. The Morgan fingerprint density at radius 1 is 1.05 bits per heavy atom. The zero-order valence-corrected chi connectivity index (χ0v) is 13.2. The third-order valence-electron chi connectivity index (χ3n) is 3.29. The van der Waals surface area contributed by atoms with Crippen LogP contribution in [0.3, 0.4) is 0 Å². The minimum absolute atomic E-state index is 0.387. The van der Waals surface area contributed by atoms with E-state index >= 15 is 0 Å². The van der Waals surface area contributed by atoms with Gasteiger partial charge in [-0.15, -0.1) is 0 Å². The predicted molar refractivity (Wildman–Crippen MR) is 89.5 cm³/mol. The van der Waals surface area contributed by atoms with Crippen LogP contribution in [-0.2, 0) is 9.09 Å². The number of hydrogen-bond acceptors (Lipinski definition) is 3. The molecule has 1 unspecified atom stereocenters. The van der Waals surface area contributed by atoms with Crippen molar-refractivity contribution < 1.29 is 13.8 Å². The lowest BCUT2D eigenvalue weighted by Gasteiger charge is -2.23. The van der Waals surface area contributed by atoms with Crippen molar-refractivity contribution in [1.82, 2.24) is 0 Å². The lowest BCUT2D eigenvalue weighted by Crippen LogP contribution is -2.15. The second-order valence-corrected chi connectivity index (χ2v) is 7.05. The molecule has 1 aliphatic heterocycles. The SMILES string of the molecule is CCOP1(=O)C=C(/C=C/c2ccccc2)Oc2ccccc21. The highest BCUT2D eigenvalue weighted by Crippen LogP contribution is 2.53. The van der Waals surface area contributed by atoms with Crippen LogP contribution in [0.15, 0.2) is 72.2 Å². The van der Waals surface area contributed by atoms with Crippen LogP contribution in [0.25, 0.3) is 6.08 Å². The molecule has 0 amide bonds. The molecule has 0 aliphatic carbocycles. The molecule has 0 radical (unpaired) electrons. The summed E-state index contributed by atoms with van der Waals surface area (Å²) < 4.78 is 24.4. The molecule has 2 aromatic rings. The maximum absolute atomic E-state index is 13.1. The fourth-order valence-electron chi connectivity index (χ4n) is 2.31. The number of hydrogen-bond donors (Lipinski definition) is 0. The number of benzene rings is 2. The zero-order valence-electron chi connectivity index (χ0n) is 12.3. The summed E-state index contributed by atoms with van der Waals surface area (Å²) in [5.41, 5.74) is 1.05. The highest BCUT2D eigenvalue weighted by molar-refractivity contribution is 7.70. The standard InChI is InChI=1S/C18H17O3P/c1-2-20-22(19)14-16(13-12-15-8-4-3-5-9-15)21-17-10-6-7-11-18(17)22/h3-14H,2H2,1H3/b13-12+. The van der Waals surface area contributed by atoms with E-state index in [4.69, 9.17) is 9.26 Å². The van der Waals surface area contributed by atoms with Crippen LogP contribution < -0.4 is 10.0 Å². The van der Waals surface area contributed by atoms with Crippen molar-refractivity contribution in [3.8, 4) is 5.75 Å². The van der Waals surface area contributed by atoms with Gasteiger partial charge in [0.2, 0.25) is 0 Å². The van der Waals surface area contributed by atoms with E-state index in [9.17, 15) is 4.57 Å². The summed E-state index contributed by atoms with van der Waals surface area (Å²) in [4.78, 5) is 0. The van der Waals surface area contributed by atoms with Gasteiger partial charge in [0.25, 0.3) is 7.37 Å². The van der Waals surface area contributed by atoms with Gasteiger partial charge >= 0.3 is 0 Å². The normalized spacial score (nSPS) is 20.3. The lowest BCUT2D eigenvalue weighted by atomic mass is 10.2. The first-order chi connectivity index (χ1) is 10.7. The van der Waals surface area contributed by atoms with Crippen LogP contribution in [0.4, 0.5) is 0 Å². The molecule has 1 aliphatic rings. The Morgan fingerprint density at radius 2 is 1.77 bits per heavy atom. The van der Waals surface area contributed by atoms with Crippen molar-refractivity contribution in [2.24, 2.45) is 0 Å². The van der Waals surface area contributed by atoms with E-state index in [2.05, 4.69) is 0 Å². The van der Waals surface area contributed by atoms with Gasteiger partial charge in [-0.2, -0.15) is 0 Å². The summed E-state index contributed by atoms with van der Waals surface area (Å²) in [5.74, 6) is 2.73. The molecule has 0 N–H and O–H groups in total. The van der Waals surface area contributed by atoms with Crippen molar-refractivity contribution in [2.45, 2.75) is 6.92 Å². The van der Waals surface area contributed by atoms with Gasteiger partial charge < -0.3 is 9.26 Å². The van der Waals surface area contributed by atoms with Gasteiger partial charge in [0, 0.05) is 5.82 Å². The van der Waals surface area contributed by atoms with E-state index in [1.54, 1.807) is 11.9 Å². The van der Waals surface area contributed by atoms with Gasteiger partial charge in [0.1, 0.15) is 11.5 Å². The van der Waals surface area contributed by atoms with Gasteiger partial charge in [-0.25, -0.2) is 0 Å². The van der Waals surface area contributed by atoms with Crippen LogP contribution in [0.2, 0.25) is 0 Å². The van der Waals surface area contributed by atoms with Crippen molar-refractivity contribution in [3.05, 3.63) is 77.8 Å². The lowest BCUT2D eigenvalue weighted by molar-refractivity contribution is 0.342. The highest BCUT2D eigenvalue weighted by Gasteiger charge is 2.31. The average molecular weight is 312 g/mol. The number of fused-ring (bicyclic) bond motifs is 1. The fourth-order valence-corrected chi connectivity index (χ4v) is 4.24. The maximum Gasteiger partial charge on any atom is 0.261 e. The van der Waals surface area contributed by atoms with Crippen LogP contribution in [0, 0.1) is 0 Å². The van der Waals surface area contributed by atoms with Gasteiger partial charge in [-0.1, -0.05) is 48.5 Å². The topological polar surface area (TPSA) is 35.5 Å². The Balaban J connectivity index is 1.95. The molecule has 0 aromatic heterocycles. The van der Waals surface area contributed by atoms with Gasteiger partial charge in [0.05, 0.1) is 11.9 Å². The molecular formula is C18H17O3P. The molecule has 2 aromatic carbocycles. The molecule has 1 heterocycles. The van der Waals surface area contributed by atoms with Crippen LogP contribution in [-0.4, -0.2) is 6.61 Å². The van der Waals surface area contributed by atoms with Gasteiger partial charge in [0.15, 0.2) is 0 Å². The summed E-state index contributed by atoms with van der Waals surface area (Å²) >= 11 is 0. The largest absolute Gasteiger partial charge is 0.456 e. The van der Waals surface area contributed by atoms with E-state index in [0.717, 1.165) is 5.56 Å². The summed E-state index contributed by atoms with van der Waals surface area (Å²) in [5, 5.41) is 0.619. The van der Waals surface area contributed by atoms with Gasteiger partial charge in [-0.3, -0.25) is 4.57 Å². The monoisotopic (exact) mass is 312 g/mol. The van der Waals surface area contributed by atoms with Crippen LogP contribution in [0.1, 0.15) is 12.5 Å². The number of ether oxygens (including phenoxy) is 1. The summed E-state index contributed by atoms with van der Waals surface area (Å²) in [6.45, 7) is 2.23. The zero-order chi connectivity index (χ0) is 15.4. The summed E-state index contributed by atoms with van der Waals surface area (Å²) in [6.07, 6.45) is 3.74. The van der Waals surface area contributed by atoms with Crippen LogP contribution in [0.5, 0.6) is 5.75 Å². The third-order valence-corrected chi connectivity index (χ3v) is 5.56. The molecule has 22 heavy (non-hydrogen) atoms. The van der Waals surface area contributed by atoms with Gasteiger partial charge in [-0.05, 0) is 30.7 Å². The molecule has 0 bridgehead atoms. The number of rotatable bonds is 4. The molecule has 0 saturated heterocycles. The van der Waals surface area contributed by atoms with E-state index in [-0.39, 0.29) is 0 Å². The summed E-state index contributed by atoms with van der Waals surface area (Å²) in [7, 11) is -3.02. The maximum atomic E-state index is 13.1. The quantitative estimate of drug-likeness (QED) is 0.776. The van der Waals surface area contributed by atoms with Crippen molar-refractivity contribution >= 4 is 18.7 Å². The first-order valence-electron chi connectivity index (χ1n) is 7.19. The summed E-state index contributed by atoms with van der Waals surface area (Å²) in [6, 6.07) is 17.2. The third kappa shape index (κ3) is 3.06. The molecule has 0 fully saturated rings. The minimum Gasteiger partial charge on any atom is -0.456 e. The number of allylic oxidation sites excluding steroid dienone is 1. The van der Waals surface area contributed by atoms with E-state index < -0.39 is 7.37 Å².